The fourth-order valence-corrected chi connectivity index (χ4v) is 4.11. The Morgan fingerprint density at radius 1 is 1.19 bits per heavy atom. The van der Waals surface area contributed by atoms with Gasteiger partial charge in [0.1, 0.15) is 0 Å². The lowest BCUT2D eigenvalue weighted by Gasteiger charge is -2.23. The Morgan fingerprint density at radius 3 is 2.63 bits per heavy atom. The second-order valence-electron chi connectivity index (χ2n) is 7.59. The lowest BCUT2D eigenvalue weighted by atomic mass is 10.2. The summed E-state index contributed by atoms with van der Waals surface area (Å²) in [5, 5.41) is 7.05. The molecule has 2 aliphatic rings. The summed E-state index contributed by atoms with van der Waals surface area (Å²) in [4.78, 5) is 9.77. The number of benzene rings is 1. The number of nitrogens with one attached hydrogen (secondary N) is 2. The zero-order valence-corrected chi connectivity index (χ0v) is 19.2. The van der Waals surface area contributed by atoms with Gasteiger partial charge >= 0.3 is 0 Å². The molecule has 27 heavy (non-hydrogen) atoms. The molecule has 3 rings (SSSR count). The number of halogens is 1. The maximum Gasteiger partial charge on any atom is 0.191 e. The van der Waals surface area contributed by atoms with Crippen molar-refractivity contribution in [1.82, 2.24) is 15.5 Å². The van der Waals surface area contributed by atoms with Crippen LogP contribution in [0.3, 0.4) is 0 Å². The Balaban J connectivity index is 0.00000261. The third kappa shape index (κ3) is 6.82. The monoisotopic (exact) mass is 485 g/mol. The molecule has 1 aromatic carbocycles. The number of hydrogen-bond donors (Lipinski definition) is 2. The molecule has 0 spiro atoms. The van der Waals surface area contributed by atoms with Gasteiger partial charge in [0.05, 0.1) is 6.54 Å². The lowest BCUT2D eigenvalue weighted by Crippen LogP contribution is -2.45. The third-order valence-corrected chi connectivity index (χ3v) is 5.67. The third-order valence-electron chi connectivity index (χ3n) is 5.67. The first-order valence-electron chi connectivity index (χ1n) is 10.3. The zero-order chi connectivity index (χ0) is 18.2. The average Bonchev–Trinajstić information content (AvgIpc) is 3.35. The summed E-state index contributed by atoms with van der Waals surface area (Å²) < 4.78 is 0. The Morgan fingerprint density at radius 2 is 1.93 bits per heavy atom. The SMILES string of the molecule is CCNC(=NCCN(C)C1CCCC1)NC1CCN(c2ccccc2)C1.I. The number of rotatable bonds is 7. The predicted molar refractivity (Wildman–Crippen MR) is 126 cm³/mol. The van der Waals surface area contributed by atoms with Crippen molar-refractivity contribution in [3.63, 3.8) is 0 Å². The summed E-state index contributed by atoms with van der Waals surface area (Å²) in [5.74, 6) is 0.965. The van der Waals surface area contributed by atoms with Crippen LogP contribution in [0.15, 0.2) is 35.3 Å². The molecule has 1 aromatic rings. The van der Waals surface area contributed by atoms with Crippen LogP contribution in [0, 0.1) is 0 Å². The van der Waals surface area contributed by atoms with Gasteiger partial charge in [-0.05, 0) is 45.4 Å². The number of nitrogens with zero attached hydrogens (tertiary/aromatic N) is 3. The van der Waals surface area contributed by atoms with Crippen molar-refractivity contribution in [3.8, 4) is 0 Å². The zero-order valence-electron chi connectivity index (χ0n) is 16.9. The fraction of sp³-hybridized carbons (Fsp3) is 0.667. The van der Waals surface area contributed by atoms with Gasteiger partial charge in [-0.3, -0.25) is 4.99 Å². The molecule has 152 valence electrons. The highest BCUT2D eigenvalue weighted by atomic mass is 127. The summed E-state index contributed by atoms with van der Waals surface area (Å²) in [6, 6.07) is 11.9. The van der Waals surface area contributed by atoms with Crippen LogP contribution in [0.4, 0.5) is 5.69 Å². The molecule has 2 fully saturated rings. The van der Waals surface area contributed by atoms with E-state index < -0.39 is 0 Å². The van der Waals surface area contributed by atoms with Gasteiger partial charge in [-0.1, -0.05) is 31.0 Å². The minimum absolute atomic E-state index is 0. The lowest BCUT2D eigenvalue weighted by molar-refractivity contribution is 0.252. The van der Waals surface area contributed by atoms with E-state index in [0.717, 1.165) is 51.1 Å². The molecular formula is C21H36IN5. The van der Waals surface area contributed by atoms with Crippen molar-refractivity contribution in [2.75, 3.05) is 44.7 Å². The van der Waals surface area contributed by atoms with E-state index in [4.69, 9.17) is 4.99 Å². The van der Waals surface area contributed by atoms with Crippen LogP contribution in [0.1, 0.15) is 39.0 Å². The number of likely N-dealkylation sites (N-methyl/N-ethyl adjacent to an activating group) is 1. The van der Waals surface area contributed by atoms with Crippen molar-refractivity contribution < 1.29 is 0 Å². The number of anilines is 1. The first-order valence-corrected chi connectivity index (χ1v) is 10.3. The molecular weight excluding hydrogens is 449 g/mol. The Kier molecular flexibility index (Phi) is 9.68. The summed E-state index contributed by atoms with van der Waals surface area (Å²) in [7, 11) is 2.25. The topological polar surface area (TPSA) is 42.9 Å². The van der Waals surface area contributed by atoms with Crippen LogP contribution in [0.5, 0.6) is 0 Å². The number of hydrogen-bond acceptors (Lipinski definition) is 3. The van der Waals surface area contributed by atoms with Crippen molar-refractivity contribution in [3.05, 3.63) is 30.3 Å². The molecule has 0 aromatic heterocycles. The minimum Gasteiger partial charge on any atom is -0.369 e. The van der Waals surface area contributed by atoms with Gasteiger partial charge < -0.3 is 20.4 Å². The van der Waals surface area contributed by atoms with Crippen molar-refractivity contribution in [1.29, 1.82) is 0 Å². The van der Waals surface area contributed by atoms with Crippen LogP contribution in [0.25, 0.3) is 0 Å². The molecule has 6 heteroatoms. The molecule has 1 saturated heterocycles. The highest BCUT2D eigenvalue weighted by Gasteiger charge is 2.23. The molecule has 0 amide bonds. The second-order valence-corrected chi connectivity index (χ2v) is 7.59. The van der Waals surface area contributed by atoms with E-state index in [9.17, 15) is 0 Å². The number of para-hydroxylation sites is 1. The van der Waals surface area contributed by atoms with Gasteiger partial charge in [-0.25, -0.2) is 0 Å². The number of guanidine groups is 1. The highest BCUT2D eigenvalue weighted by molar-refractivity contribution is 14.0. The van der Waals surface area contributed by atoms with E-state index in [-0.39, 0.29) is 24.0 Å². The quantitative estimate of drug-likeness (QED) is 0.354. The highest BCUT2D eigenvalue weighted by Crippen LogP contribution is 2.22. The van der Waals surface area contributed by atoms with Gasteiger partial charge in [0.2, 0.25) is 0 Å². The first kappa shape index (κ1) is 22.3. The Hall–Kier alpha value is -1.02. The van der Waals surface area contributed by atoms with Crippen LogP contribution in [-0.4, -0.2) is 62.7 Å². The molecule has 1 unspecified atom stereocenters. The van der Waals surface area contributed by atoms with Crippen molar-refractivity contribution in [2.24, 2.45) is 4.99 Å². The van der Waals surface area contributed by atoms with Crippen LogP contribution < -0.4 is 15.5 Å². The minimum atomic E-state index is 0. The number of aliphatic imine (C=N–C) groups is 1. The van der Waals surface area contributed by atoms with E-state index in [2.05, 4.69) is 64.7 Å². The largest absolute Gasteiger partial charge is 0.369 e. The van der Waals surface area contributed by atoms with Gasteiger partial charge in [0.25, 0.3) is 0 Å². The van der Waals surface area contributed by atoms with E-state index in [1.807, 2.05) is 0 Å². The molecule has 2 N–H and O–H groups in total. The van der Waals surface area contributed by atoms with E-state index in [0.29, 0.717) is 6.04 Å². The molecule has 1 aliphatic heterocycles. The van der Waals surface area contributed by atoms with Gasteiger partial charge in [-0.15, -0.1) is 24.0 Å². The second kappa shape index (κ2) is 11.7. The Bertz CT molecular complexity index is 559. The van der Waals surface area contributed by atoms with Gasteiger partial charge in [0.15, 0.2) is 5.96 Å². The summed E-state index contributed by atoms with van der Waals surface area (Å²) >= 11 is 0. The fourth-order valence-electron chi connectivity index (χ4n) is 4.11. The predicted octanol–water partition coefficient (Wildman–Crippen LogP) is 3.31. The van der Waals surface area contributed by atoms with E-state index in [1.54, 1.807) is 0 Å². The summed E-state index contributed by atoms with van der Waals surface area (Å²) in [6.07, 6.45) is 6.65. The van der Waals surface area contributed by atoms with Crippen LogP contribution in [0.2, 0.25) is 0 Å². The first-order chi connectivity index (χ1) is 12.8. The summed E-state index contributed by atoms with van der Waals surface area (Å²) in [5.41, 5.74) is 1.32. The Labute approximate surface area is 182 Å². The normalized spacial score (nSPS) is 20.8. The van der Waals surface area contributed by atoms with Gasteiger partial charge in [-0.2, -0.15) is 0 Å². The molecule has 1 heterocycles. The molecule has 1 saturated carbocycles. The molecule has 0 radical (unpaired) electrons. The average molecular weight is 485 g/mol. The smallest absolute Gasteiger partial charge is 0.191 e. The standard InChI is InChI=1S/C21H35N5.HI/c1-3-22-21(23-14-16-25(2)19-9-7-8-10-19)24-18-13-15-26(17-18)20-11-5-4-6-12-20;/h4-6,11-12,18-19H,3,7-10,13-17H2,1-2H3,(H2,22,23,24);1H. The molecule has 0 bridgehead atoms. The van der Waals surface area contributed by atoms with Crippen LogP contribution >= 0.6 is 24.0 Å². The molecule has 1 atom stereocenters. The molecule has 5 nitrogen and oxygen atoms in total. The van der Waals surface area contributed by atoms with Crippen molar-refractivity contribution in [2.45, 2.75) is 51.1 Å². The maximum atomic E-state index is 4.82. The summed E-state index contributed by atoms with van der Waals surface area (Å²) in [6.45, 7) is 7.08. The van der Waals surface area contributed by atoms with E-state index in [1.165, 1.54) is 31.4 Å². The van der Waals surface area contributed by atoms with Gasteiger partial charge in [0, 0.05) is 44.0 Å². The van der Waals surface area contributed by atoms with E-state index >= 15 is 0 Å². The van der Waals surface area contributed by atoms with Crippen LogP contribution in [-0.2, 0) is 0 Å². The van der Waals surface area contributed by atoms with Crippen molar-refractivity contribution >= 4 is 35.6 Å². The molecule has 1 aliphatic carbocycles. The maximum absolute atomic E-state index is 4.82.